The van der Waals surface area contributed by atoms with Crippen molar-refractivity contribution in [1.29, 1.82) is 0 Å². The molecule has 0 N–H and O–H groups in total. The quantitative estimate of drug-likeness (QED) is 0.313. The smallest absolute Gasteiger partial charge is 0.210 e. The Kier molecular flexibility index (Phi) is 7.23. The van der Waals surface area contributed by atoms with Crippen molar-refractivity contribution in [2.45, 2.75) is 24.4 Å². The van der Waals surface area contributed by atoms with Gasteiger partial charge in [0.2, 0.25) is 5.16 Å². The van der Waals surface area contributed by atoms with Crippen LogP contribution in [0.4, 0.5) is 0 Å². The SMILES string of the molecule is CCOc1ccc(-c2nc(CSc3nnnn3Cc3ccc(OC)cc3)cs2)cc1OC. The van der Waals surface area contributed by atoms with Crippen molar-refractivity contribution >= 4 is 23.1 Å². The molecule has 0 atom stereocenters. The first-order chi connectivity index (χ1) is 15.7. The van der Waals surface area contributed by atoms with Crippen LogP contribution in [0.3, 0.4) is 0 Å². The molecule has 0 unspecified atom stereocenters. The van der Waals surface area contributed by atoms with E-state index in [0.717, 1.165) is 38.5 Å². The van der Waals surface area contributed by atoms with Crippen molar-refractivity contribution in [3.05, 3.63) is 59.1 Å². The Morgan fingerprint density at radius 3 is 2.62 bits per heavy atom. The molecule has 2 aromatic heterocycles. The van der Waals surface area contributed by atoms with Gasteiger partial charge >= 0.3 is 0 Å². The molecule has 32 heavy (non-hydrogen) atoms. The molecular formula is C22H23N5O3S2. The minimum atomic E-state index is 0.590. The number of benzene rings is 2. The summed E-state index contributed by atoms with van der Waals surface area (Å²) in [5, 5.41) is 15.9. The molecule has 0 saturated heterocycles. The predicted octanol–water partition coefficient (Wildman–Crippen LogP) is 4.55. The first-order valence-corrected chi connectivity index (χ1v) is 11.8. The van der Waals surface area contributed by atoms with E-state index in [1.54, 1.807) is 42.0 Å². The monoisotopic (exact) mass is 469 g/mol. The van der Waals surface area contributed by atoms with Gasteiger partial charge in [0.25, 0.3) is 0 Å². The fraction of sp³-hybridized carbons (Fsp3) is 0.273. The number of hydrogen-bond acceptors (Lipinski definition) is 9. The molecule has 0 aliphatic carbocycles. The van der Waals surface area contributed by atoms with E-state index in [9.17, 15) is 0 Å². The highest BCUT2D eigenvalue weighted by molar-refractivity contribution is 7.98. The van der Waals surface area contributed by atoms with Crippen LogP contribution in [0.5, 0.6) is 17.2 Å². The van der Waals surface area contributed by atoms with Gasteiger partial charge in [-0.1, -0.05) is 23.9 Å². The lowest BCUT2D eigenvalue weighted by molar-refractivity contribution is 0.311. The van der Waals surface area contributed by atoms with Crippen LogP contribution in [0, 0.1) is 0 Å². The standard InChI is InChI=1S/C22H23N5O3S2/c1-4-30-19-10-7-16(11-20(19)29-3)21-23-17(13-31-21)14-32-22-24-25-26-27(22)12-15-5-8-18(28-2)9-6-15/h5-11,13H,4,12,14H2,1-3H3. The lowest BCUT2D eigenvalue weighted by atomic mass is 10.2. The van der Waals surface area contributed by atoms with Crippen molar-refractivity contribution in [3.8, 4) is 27.8 Å². The molecule has 4 aromatic rings. The normalized spacial score (nSPS) is 10.8. The van der Waals surface area contributed by atoms with Gasteiger partial charge in [-0.05, 0) is 53.2 Å². The molecule has 0 fully saturated rings. The number of rotatable bonds is 10. The van der Waals surface area contributed by atoms with Gasteiger partial charge in [0, 0.05) is 16.7 Å². The van der Waals surface area contributed by atoms with Gasteiger partial charge in [0.15, 0.2) is 11.5 Å². The molecule has 4 rings (SSSR count). The number of tetrazole rings is 1. The van der Waals surface area contributed by atoms with Gasteiger partial charge in [-0.15, -0.1) is 16.4 Å². The molecule has 0 aliphatic heterocycles. The Hall–Kier alpha value is -3.11. The second-order valence-electron chi connectivity index (χ2n) is 6.70. The molecule has 10 heteroatoms. The summed E-state index contributed by atoms with van der Waals surface area (Å²) in [6.07, 6.45) is 0. The van der Waals surface area contributed by atoms with Gasteiger partial charge in [-0.25, -0.2) is 9.67 Å². The van der Waals surface area contributed by atoms with Crippen molar-refractivity contribution in [1.82, 2.24) is 25.2 Å². The van der Waals surface area contributed by atoms with Crippen LogP contribution >= 0.6 is 23.1 Å². The van der Waals surface area contributed by atoms with Crippen LogP contribution in [-0.4, -0.2) is 46.0 Å². The van der Waals surface area contributed by atoms with E-state index in [-0.39, 0.29) is 0 Å². The van der Waals surface area contributed by atoms with Crippen LogP contribution in [0.1, 0.15) is 18.2 Å². The third-order valence-electron chi connectivity index (χ3n) is 4.60. The molecule has 0 bridgehead atoms. The first-order valence-electron chi connectivity index (χ1n) is 9.97. The van der Waals surface area contributed by atoms with E-state index < -0.39 is 0 Å². The Morgan fingerprint density at radius 2 is 1.88 bits per heavy atom. The summed E-state index contributed by atoms with van der Waals surface area (Å²) in [5.74, 6) is 2.93. The lowest BCUT2D eigenvalue weighted by Gasteiger charge is -2.09. The largest absolute Gasteiger partial charge is 0.497 e. The molecule has 0 radical (unpaired) electrons. The van der Waals surface area contributed by atoms with E-state index in [1.807, 2.05) is 49.4 Å². The Labute approximate surface area is 194 Å². The zero-order chi connectivity index (χ0) is 22.3. The summed E-state index contributed by atoms with van der Waals surface area (Å²) in [6.45, 7) is 3.13. The molecule has 2 heterocycles. The Morgan fingerprint density at radius 1 is 1.03 bits per heavy atom. The average molecular weight is 470 g/mol. The maximum Gasteiger partial charge on any atom is 0.210 e. The molecule has 0 aliphatic rings. The van der Waals surface area contributed by atoms with Crippen LogP contribution in [0.15, 0.2) is 53.0 Å². The zero-order valence-corrected chi connectivity index (χ0v) is 19.7. The topological polar surface area (TPSA) is 84.2 Å². The summed E-state index contributed by atoms with van der Waals surface area (Å²) in [6, 6.07) is 13.7. The van der Waals surface area contributed by atoms with Crippen molar-refractivity contribution in [2.24, 2.45) is 0 Å². The number of hydrogen-bond donors (Lipinski definition) is 0. The first kappa shape index (κ1) is 22.1. The van der Waals surface area contributed by atoms with E-state index in [1.165, 1.54) is 0 Å². The van der Waals surface area contributed by atoms with E-state index in [0.29, 0.717) is 24.7 Å². The van der Waals surface area contributed by atoms with E-state index in [4.69, 9.17) is 19.2 Å². The second kappa shape index (κ2) is 10.5. The fourth-order valence-electron chi connectivity index (χ4n) is 3.02. The van der Waals surface area contributed by atoms with Crippen molar-refractivity contribution in [3.63, 3.8) is 0 Å². The molecule has 0 saturated carbocycles. The van der Waals surface area contributed by atoms with Crippen molar-refractivity contribution in [2.75, 3.05) is 20.8 Å². The number of methoxy groups -OCH3 is 2. The second-order valence-corrected chi connectivity index (χ2v) is 8.50. The van der Waals surface area contributed by atoms with Crippen molar-refractivity contribution < 1.29 is 14.2 Å². The average Bonchev–Trinajstić information content (AvgIpc) is 3.48. The molecule has 2 aromatic carbocycles. The summed E-state index contributed by atoms with van der Waals surface area (Å²) >= 11 is 3.16. The fourth-order valence-corrected chi connectivity index (χ4v) is 4.71. The lowest BCUT2D eigenvalue weighted by Crippen LogP contribution is -2.04. The predicted molar refractivity (Wildman–Crippen MR) is 125 cm³/mol. The number of aromatic nitrogens is 5. The van der Waals surface area contributed by atoms with Gasteiger partial charge in [0.05, 0.1) is 33.1 Å². The van der Waals surface area contributed by atoms with Gasteiger partial charge in [-0.3, -0.25) is 0 Å². The van der Waals surface area contributed by atoms with Crippen LogP contribution < -0.4 is 14.2 Å². The maximum absolute atomic E-state index is 5.60. The minimum absolute atomic E-state index is 0.590. The highest BCUT2D eigenvalue weighted by atomic mass is 32.2. The Bertz CT molecular complexity index is 1160. The summed E-state index contributed by atoms with van der Waals surface area (Å²) in [7, 11) is 3.29. The van der Waals surface area contributed by atoms with E-state index in [2.05, 4.69) is 20.9 Å². The summed E-state index contributed by atoms with van der Waals surface area (Å²) in [4.78, 5) is 4.77. The molecule has 0 spiro atoms. The van der Waals surface area contributed by atoms with Crippen LogP contribution in [-0.2, 0) is 12.3 Å². The minimum Gasteiger partial charge on any atom is -0.497 e. The summed E-state index contributed by atoms with van der Waals surface area (Å²) < 4.78 is 18.0. The van der Waals surface area contributed by atoms with Crippen LogP contribution in [0.2, 0.25) is 0 Å². The highest BCUT2D eigenvalue weighted by Crippen LogP contribution is 2.34. The number of thiazole rings is 1. The van der Waals surface area contributed by atoms with Gasteiger partial charge in [0.1, 0.15) is 10.8 Å². The highest BCUT2D eigenvalue weighted by Gasteiger charge is 2.12. The number of nitrogens with zero attached hydrogens (tertiary/aromatic N) is 5. The third kappa shape index (κ3) is 5.20. The third-order valence-corrected chi connectivity index (χ3v) is 6.53. The molecule has 8 nitrogen and oxygen atoms in total. The zero-order valence-electron chi connectivity index (χ0n) is 18.0. The van der Waals surface area contributed by atoms with Crippen LogP contribution in [0.25, 0.3) is 10.6 Å². The van der Waals surface area contributed by atoms with E-state index >= 15 is 0 Å². The van der Waals surface area contributed by atoms with Gasteiger partial charge in [-0.2, -0.15) is 0 Å². The van der Waals surface area contributed by atoms with Gasteiger partial charge < -0.3 is 14.2 Å². The maximum atomic E-state index is 5.60. The number of ether oxygens (including phenoxy) is 3. The molecule has 166 valence electrons. The number of thioether (sulfide) groups is 1. The summed E-state index contributed by atoms with van der Waals surface area (Å²) in [5.41, 5.74) is 3.07. The molecular weight excluding hydrogens is 446 g/mol. The Balaban J connectivity index is 1.41. The molecule has 0 amide bonds.